The lowest BCUT2D eigenvalue weighted by molar-refractivity contribution is 0.252. The van der Waals surface area contributed by atoms with Crippen LogP contribution in [0.15, 0.2) is 42.9 Å². The molecular weight excluding hydrogens is 222 g/mol. The van der Waals surface area contributed by atoms with Gasteiger partial charge in [-0.2, -0.15) is 0 Å². The van der Waals surface area contributed by atoms with Crippen molar-refractivity contribution in [1.82, 2.24) is 14.9 Å². The molecule has 0 N–H and O–H groups in total. The molecule has 3 heteroatoms. The Morgan fingerprint density at radius 2 is 2.00 bits per heavy atom. The predicted octanol–water partition coefficient (Wildman–Crippen LogP) is 2.98. The van der Waals surface area contributed by atoms with E-state index in [2.05, 4.69) is 47.9 Å². The lowest BCUT2D eigenvalue weighted by Gasteiger charge is -2.25. The van der Waals surface area contributed by atoms with E-state index in [1.807, 2.05) is 30.7 Å². The van der Waals surface area contributed by atoms with Crippen molar-refractivity contribution in [3.8, 4) is 0 Å². The van der Waals surface area contributed by atoms with Crippen LogP contribution in [0.2, 0.25) is 0 Å². The van der Waals surface area contributed by atoms with E-state index < -0.39 is 0 Å². The van der Waals surface area contributed by atoms with E-state index in [-0.39, 0.29) is 0 Å². The van der Waals surface area contributed by atoms with Crippen LogP contribution in [-0.4, -0.2) is 21.9 Å². The number of hydrogen-bond acceptors (Lipinski definition) is 3. The predicted molar refractivity (Wildman–Crippen MR) is 73.1 cm³/mol. The third-order valence-corrected chi connectivity index (χ3v) is 3.36. The van der Waals surface area contributed by atoms with Gasteiger partial charge in [-0.1, -0.05) is 12.1 Å². The lowest BCUT2D eigenvalue weighted by Crippen LogP contribution is -2.22. The van der Waals surface area contributed by atoms with E-state index in [0.717, 1.165) is 12.2 Å². The van der Waals surface area contributed by atoms with Crippen molar-refractivity contribution in [2.75, 3.05) is 7.05 Å². The highest BCUT2D eigenvalue weighted by Gasteiger charge is 2.12. The first-order valence-corrected chi connectivity index (χ1v) is 6.19. The molecule has 0 saturated carbocycles. The molecule has 0 aliphatic rings. The van der Waals surface area contributed by atoms with Crippen LogP contribution in [-0.2, 0) is 6.54 Å². The van der Waals surface area contributed by atoms with E-state index in [0.29, 0.717) is 6.04 Å². The molecule has 2 rings (SSSR count). The maximum atomic E-state index is 4.33. The van der Waals surface area contributed by atoms with Crippen molar-refractivity contribution in [3.63, 3.8) is 0 Å². The molecule has 0 amide bonds. The lowest BCUT2D eigenvalue weighted by atomic mass is 10.1. The van der Waals surface area contributed by atoms with Gasteiger partial charge < -0.3 is 0 Å². The van der Waals surface area contributed by atoms with Crippen LogP contribution in [0.5, 0.6) is 0 Å². The monoisotopic (exact) mass is 241 g/mol. The minimum Gasteiger partial charge on any atom is -0.295 e. The summed E-state index contributed by atoms with van der Waals surface area (Å²) in [4.78, 5) is 10.8. The highest BCUT2D eigenvalue weighted by Crippen LogP contribution is 2.20. The van der Waals surface area contributed by atoms with E-state index in [1.54, 1.807) is 0 Å². The number of nitrogens with zero attached hydrogens (tertiary/aromatic N) is 3. The van der Waals surface area contributed by atoms with Crippen LogP contribution in [0.4, 0.5) is 0 Å². The Labute approximate surface area is 109 Å². The normalized spacial score (nSPS) is 12.7. The van der Waals surface area contributed by atoms with Crippen molar-refractivity contribution < 1.29 is 0 Å². The minimum atomic E-state index is 0.346. The summed E-state index contributed by atoms with van der Waals surface area (Å²) in [5, 5.41) is 0. The van der Waals surface area contributed by atoms with Crippen LogP contribution in [0.25, 0.3) is 0 Å². The van der Waals surface area contributed by atoms with Gasteiger partial charge in [0.25, 0.3) is 0 Å². The summed E-state index contributed by atoms with van der Waals surface area (Å²) in [7, 11) is 2.13. The fourth-order valence-electron chi connectivity index (χ4n) is 1.97. The summed E-state index contributed by atoms with van der Waals surface area (Å²) in [6, 6.07) is 8.57. The average Bonchev–Trinajstić information content (AvgIpc) is 2.41. The van der Waals surface area contributed by atoms with E-state index in [9.17, 15) is 0 Å². The van der Waals surface area contributed by atoms with Gasteiger partial charge in [-0.15, -0.1) is 0 Å². The number of aromatic nitrogens is 2. The van der Waals surface area contributed by atoms with Crippen molar-refractivity contribution in [3.05, 3.63) is 59.7 Å². The molecule has 0 spiro atoms. The summed E-state index contributed by atoms with van der Waals surface area (Å²) < 4.78 is 0. The van der Waals surface area contributed by atoms with Crippen LogP contribution in [0, 0.1) is 6.92 Å². The van der Waals surface area contributed by atoms with Gasteiger partial charge in [0.15, 0.2) is 0 Å². The summed E-state index contributed by atoms with van der Waals surface area (Å²) >= 11 is 0. The van der Waals surface area contributed by atoms with Crippen molar-refractivity contribution >= 4 is 0 Å². The fourth-order valence-corrected chi connectivity index (χ4v) is 1.97. The van der Waals surface area contributed by atoms with Crippen LogP contribution < -0.4 is 0 Å². The Hall–Kier alpha value is -1.74. The van der Waals surface area contributed by atoms with E-state index in [4.69, 9.17) is 0 Å². The first-order valence-electron chi connectivity index (χ1n) is 6.19. The number of hydrogen-bond donors (Lipinski definition) is 0. The molecule has 0 aromatic carbocycles. The second-order valence-corrected chi connectivity index (χ2v) is 4.63. The smallest absolute Gasteiger partial charge is 0.0417 e. The molecular formula is C15H19N3. The van der Waals surface area contributed by atoms with Gasteiger partial charge >= 0.3 is 0 Å². The Balaban J connectivity index is 2.09. The quantitative estimate of drug-likeness (QED) is 0.824. The summed E-state index contributed by atoms with van der Waals surface area (Å²) in [5.74, 6) is 0. The summed E-state index contributed by atoms with van der Waals surface area (Å²) in [5.41, 5.74) is 3.61. The first kappa shape index (κ1) is 12.7. The second kappa shape index (κ2) is 5.74. The summed E-state index contributed by atoms with van der Waals surface area (Å²) in [6.07, 6.45) is 5.57. The number of rotatable bonds is 4. The average molecular weight is 241 g/mol. The molecule has 0 saturated heterocycles. The molecule has 2 aromatic rings. The van der Waals surface area contributed by atoms with Gasteiger partial charge in [-0.05, 0) is 44.2 Å². The third kappa shape index (κ3) is 2.93. The molecule has 1 atom stereocenters. The molecule has 0 unspecified atom stereocenters. The molecule has 18 heavy (non-hydrogen) atoms. The molecule has 2 aromatic heterocycles. The first-order chi connectivity index (χ1) is 8.68. The zero-order valence-electron chi connectivity index (χ0n) is 11.2. The van der Waals surface area contributed by atoms with Gasteiger partial charge in [0, 0.05) is 36.9 Å². The maximum Gasteiger partial charge on any atom is 0.0417 e. The highest BCUT2D eigenvalue weighted by molar-refractivity contribution is 5.19. The molecule has 0 bridgehead atoms. The summed E-state index contributed by atoms with van der Waals surface area (Å²) in [6.45, 7) is 5.15. The molecule has 0 aliphatic heterocycles. The van der Waals surface area contributed by atoms with Crippen LogP contribution in [0.1, 0.15) is 29.8 Å². The molecule has 0 fully saturated rings. The number of aryl methyl sites for hydroxylation is 1. The number of pyridine rings is 2. The van der Waals surface area contributed by atoms with Crippen LogP contribution >= 0.6 is 0 Å². The second-order valence-electron chi connectivity index (χ2n) is 4.63. The standard InChI is InChI=1S/C15H19N3/c1-12-15(7-5-9-17-12)11-18(3)13(2)14-6-4-8-16-10-14/h4-10,13H,11H2,1-3H3/t13-/m1/s1. The Morgan fingerprint density at radius 1 is 1.22 bits per heavy atom. The zero-order chi connectivity index (χ0) is 13.0. The van der Waals surface area contributed by atoms with Gasteiger partial charge in [0.2, 0.25) is 0 Å². The van der Waals surface area contributed by atoms with Crippen molar-refractivity contribution in [2.24, 2.45) is 0 Å². The SMILES string of the molecule is Cc1ncccc1CN(C)[C@H](C)c1cccnc1. The van der Waals surface area contributed by atoms with Gasteiger partial charge in [-0.25, -0.2) is 0 Å². The largest absolute Gasteiger partial charge is 0.295 e. The minimum absolute atomic E-state index is 0.346. The molecule has 2 heterocycles. The molecule has 0 radical (unpaired) electrons. The van der Waals surface area contributed by atoms with Gasteiger partial charge in [-0.3, -0.25) is 14.9 Å². The molecule has 94 valence electrons. The van der Waals surface area contributed by atoms with E-state index in [1.165, 1.54) is 11.1 Å². The van der Waals surface area contributed by atoms with Crippen molar-refractivity contribution in [2.45, 2.75) is 26.4 Å². The molecule has 3 nitrogen and oxygen atoms in total. The molecule has 0 aliphatic carbocycles. The maximum absolute atomic E-state index is 4.33. The fraction of sp³-hybridized carbons (Fsp3) is 0.333. The van der Waals surface area contributed by atoms with Crippen LogP contribution in [0.3, 0.4) is 0 Å². The zero-order valence-corrected chi connectivity index (χ0v) is 11.2. The van der Waals surface area contributed by atoms with Gasteiger partial charge in [0.1, 0.15) is 0 Å². The third-order valence-electron chi connectivity index (χ3n) is 3.36. The Kier molecular flexibility index (Phi) is 4.05. The van der Waals surface area contributed by atoms with E-state index >= 15 is 0 Å². The topological polar surface area (TPSA) is 29.0 Å². The van der Waals surface area contributed by atoms with Gasteiger partial charge in [0.05, 0.1) is 0 Å². The Bertz CT molecular complexity index is 496. The van der Waals surface area contributed by atoms with Crippen molar-refractivity contribution in [1.29, 1.82) is 0 Å². The highest BCUT2D eigenvalue weighted by atomic mass is 15.1. The Morgan fingerprint density at radius 3 is 2.67 bits per heavy atom.